The Hall–Kier alpha value is -1.96. The van der Waals surface area contributed by atoms with Crippen LogP contribution in [0.15, 0.2) is 24.3 Å². The minimum Gasteiger partial charge on any atom is -0.406 e. The molecule has 5 nitrogen and oxygen atoms in total. The molecule has 8 heteroatoms. The van der Waals surface area contributed by atoms with E-state index in [1.165, 1.54) is 12.1 Å². The van der Waals surface area contributed by atoms with E-state index in [4.69, 9.17) is 0 Å². The lowest BCUT2D eigenvalue weighted by atomic mass is 9.83. The maximum Gasteiger partial charge on any atom is 0.573 e. The average Bonchev–Trinajstić information content (AvgIpc) is 2.47. The summed E-state index contributed by atoms with van der Waals surface area (Å²) in [6, 6.07) is 4.61. The number of rotatable bonds is 4. The minimum absolute atomic E-state index is 0.0139. The van der Waals surface area contributed by atoms with Crippen LogP contribution >= 0.6 is 0 Å². The molecule has 1 heterocycles. The largest absolute Gasteiger partial charge is 0.573 e. The molecule has 0 saturated carbocycles. The molecule has 1 fully saturated rings. The topological polar surface area (TPSA) is 62.4 Å². The molecular weight excluding hydrogens is 311 g/mol. The number of hydrogen-bond donors (Lipinski definition) is 3. The Morgan fingerprint density at radius 3 is 2.61 bits per heavy atom. The van der Waals surface area contributed by atoms with Crippen LogP contribution < -0.4 is 20.7 Å². The molecular formula is C15H20F3N3O2. The molecule has 1 aromatic rings. The Bertz CT molecular complexity index is 526. The van der Waals surface area contributed by atoms with Gasteiger partial charge in [-0.05, 0) is 49.1 Å². The molecule has 1 aromatic carbocycles. The molecule has 1 atom stereocenters. The molecule has 3 N–H and O–H groups in total. The number of anilines is 1. The van der Waals surface area contributed by atoms with Gasteiger partial charge in [0.15, 0.2) is 0 Å². The van der Waals surface area contributed by atoms with E-state index in [1.807, 2.05) is 0 Å². The predicted octanol–water partition coefficient (Wildman–Crippen LogP) is 3.10. The fourth-order valence-electron chi connectivity index (χ4n) is 2.48. The fraction of sp³-hybridized carbons (Fsp3) is 0.533. The van der Waals surface area contributed by atoms with E-state index in [0.717, 1.165) is 38.1 Å². The summed E-state index contributed by atoms with van der Waals surface area (Å²) in [5.74, 6) is -0.329. The zero-order chi connectivity index (χ0) is 16.9. The molecule has 0 aromatic heterocycles. The number of ether oxygens (including phenoxy) is 1. The Morgan fingerprint density at radius 2 is 2.04 bits per heavy atom. The maximum absolute atomic E-state index is 12.1. The van der Waals surface area contributed by atoms with E-state index >= 15 is 0 Å². The molecule has 0 bridgehead atoms. The number of nitrogens with one attached hydrogen (secondary N) is 3. The van der Waals surface area contributed by atoms with Crippen LogP contribution in [-0.4, -0.2) is 32.0 Å². The van der Waals surface area contributed by atoms with Crippen LogP contribution in [0, 0.1) is 5.41 Å². The first-order valence-corrected chi connectivity index (χ1v) is 7.37. The van der Waals surface area contributed by atoms with Crippen molar-refractivity contribution >= 4 is 11.7 Å². The lowest BCUT2D eigenvalue weighted by molar-refractivity contribution is -0.274. The summed E-state index contributed by atoms with van der Waals surface area (Å²) in [4.78, 5) is 11.9. The van der Waals surface area contributed by atoms with Gasteiger partial charge in [-0.3, -0.25) is 0 Å². The fourth-order valence-corrected chi connectivity index (χ4v) is 2.48. The number of hydrogen-bond acceptors (Lipinski definition) is 3. The Balaban J connectivity index is 1.81. The normalized spacial score (nSPS) is 21.6. The summed E-state index contributed by atoms with van der Waals surface area (Å²) in [6.45, 7) is 4.47. The summed E-state index contributed by atoms with van der Waals surface area (Å²) >= 11 is 0. The molecule has 1 unspecified atom stereocenters. The van der Waals surface area contributed by atoms with Crippen molar-refractivity contribution in [2.45, 2.75) is 26.1 Å². The zero-order valence-electron chi connectivity index (χ0n) is 12.8. The summed E-state index contributed by atoms with van der Waals surface area (Å²) in [5, 5.41) is 8.67. The molecule has 2 amide bonds. The highest BCUT2D eigenvalue weighted by Gasteiger charge is 2.31. The number of amides is 2. The van der Waals surface area contributed by atoms with Gasteiger partial charge in [-0.1, -0.05) is 6.92 Å². The number of piperidine rings is 1. The highest BCUT2D eigenvalue weighted by molar-refractivity contribution is 5.89. The van der Waals surface area contributed by atoms with Gasteiger partial charge >= 0.3 is 12.4 Å². The average molecular weight is 331 g/mol. The number of carbonyl (C=O) groups excluding carboxylic acids is 1. The maximum atomic E-state index is 12.1. The van der Waals surface area contributed by atoms with Crippen molar-refractivity contribution in [1.29, 1.82) is 0 Å². The van der Waals surface area contributed by atoms with Crippen molar-refractivity contribution in [2.75, 3.05) is 25.0 Å². The van der Waals surface area contributed by atoms with Crippen LogP contribution in [-0.2, 0) is 0 Å². The molecule has 23 heavy (non-hydrogen) atoms. The number of urea groups is 1. The van der Waals surface area contributed by atoms with E-state index < -0.39 is 6.36 Å². The molecule has 1 saturated heterocycles. The quantitative estimate of drug-likeness (QED) is 0.794. The van der Waals surface area contributed by atoms with Gasteiger partial charge < -0.3 is 20.7 Å². The van der Waals surface area contributed by atoms with Crippen LogP contribution in [0.3, 0.4) is 0 Å². The van der Waals surface area contributed by atoms with Gasteiger partial charge in [0, 0.05) is 18.8 Å². The van der Waals surface area contributed by atoms with Gasteiger partial charge in [0.1, 0.15) is 5.75 Å². The van der Waals surface area contributed by atoms with E-state index in [0.29, 0.717) is 12.2 Å². The SMILES string of the molecule is CC1(CNC(=O)Nc2ccc(OC(F)(F)F)cc2)CCCNC1. The molecule has 1 aliphatic heterocycles. The highest BCUT2D eigenvalue weighted by atomic mass is 19.4. The summed E-state index contributed by atoms with van der Waals surface area (Å²) in [5.41, 5.74) is 0.406. The monoisotopic (exact) mass is 331 g/mol. The van der Waals surface area contributed by atoms with E-state index in [9.17, 15) is 18.0 Å². The third-order valence-corrected chi connectivity index (χ3v) is 3.71. The Kier molecular flexibility index (Phi) is 5.35. The second-order valence-corrected chi connectivity index (χ2v) is 5.97. The summed E-state index contributed by atoms with van der Waals surface area (Å²) in [7, 11) is 0. The molecule has 0 radical (unpaired) electrons. The minimum atomic E-state index is -4.73. The van der Waals surface area contributed by atoms with Gasteiger partial charge in [0.05, 0.1) is 0 Å². The third kappa shape index (κ3) is 5.97. The third-order valence-electron chi connectivity index (χ3n) is 3.71. The Labute approximate surface area is 132 Å². The molecule has 0 aliphatic carbocycles. The van der Waals surface area contributed by atoms with Crippen LogP contribution in [0.2, 0.25) is 0 Å². The first kappa shape index (κ1) is 17.4. The molecule has 128 valence electrons. The van der Waals surface area contributed by atoms with Gasteiger partial charge in [-0.25, -0.2) is 4.79 Å². The van der Waals surface area contributed by atoms with Crippen molar-refractivity contribution in [2.24, 2.45) is 5.41 Å². The van der Waals surface area contributed by atoms with Gasteiger partial charge in [-0.2, -0.15) is 0 Å². The van der Waals surface area contributed by atoms with Gasteiger partial charge in [0.2, 0.25) is 0 Å². The van der Waals surface area contributed by atoms with Crippen molar-refractivity contribution in [1.82, 2.24) is 10.6 Å². The summed E-state index contributed by atoms with van der Waals surface area (Å²) < 4.78 is 39.9. The van der Waals surface area contributed by atoms with Crippen LogP contribution in [0.5, 0.6) is 5.75 Å². The highest BCUT2D eigenvalue weighted by Crippen LogP contribution is 2.25. The van der Waals surface area contributed by atoms with Crippen molar-refractivity contribution in [3.63, 3.8) is 0 Å². The number of carbonyl (C=O) groups is 1. The van der Waals surface area contributed by atoms with E-state index in [1.54, 1.807) is 0 Å². The second kappa shape index (κ2) is 7.08. The molecule has 2 rings (SSSR count). The lowest BCUT2D eigenvalue weighted by Gasteiger charge is -2.34. The predicted molar refractivity (Wildman–Crippen MR) is 80.4 cm³/mol. The first-order chi connectivity index (χ1) is 10.8. The summed E-state index contributed by atoms with van der Waals surface area (Å²) in [6.07, 6.45) is -2.62. The first-order valence-electron chi connectivity index (χ1n) is 7.37. The zero-order valence-corrected chi connectivity index (χ0v) is 12.8. The van der Waals surface area contributed by atoms with Crippen molar-refractivity contribution < 1.29 is 22.7 Å². The second-order valence-electron chi connectivity index (χ2n) is 5.97. The lowest BCUT2D eigenvalue weighted by Crippen LogP contribution is -2.46. The Morgan fingerprint density at radius 1 is 1.35 bits per heavy atom. The van der Waals surface area contributed by atoms with Gasteiger partial charge in [-0.15, -0.1) is 13.2 Å². The number of benzene rings is 1. The molecule has 0 spiro atoms. The standard InChI is InChI=1S/C15H20F3N3O2/c1-14(7-2-8-19-9-14)10-20-13(22)21-11-3-5-12(6-4-11)23-15(16,17)18/h3-6,19H,2,7-10H2,1H3,(H2,20,21,22). The smallest absolute Gasteiger partial charge is 0.406 e. The van der Waals surface area contributed by atoms with Crippen molar-refractivity contribution in [3.8, 4) is 5.75 Å². The van der Waals surface area contributed by atoms with Crippen LogP contribution in [0.25, 0.3) is 0 Å². The van der Waals surface area contributed by atoms with E-state index in [2.05, 4.69) is 27.6 Å². The van der Waals surface area contributed by atoms with Gasteiger partial charge in [0.25, 0.3) is 0 Å². The molecule has 1 aliphatic rings. The number of alkyl halides is 3. The van der Waals surface area contributed by atoms with Crippen LogP contribution in [0.4, 0.5) is 23.7 Å². The number of halogens is 3. The van der Waals surface area contributed by atoms with E-state index in [-0.39, 0.29) is 17.2 Å². The van der Waals surface area contributed by atoms with Crippen LogP contribution in [0.1, 0.15) is 19.8 Å². The van der Waals surface area contributed by atoms with Crippen molar-refractivity contribution in [3.05, 3.63) is 24.3 Å².